The maximum absolute atomic E-state index is 12.4. The summed E-state index contributed by atoms with van der Waals surface area (Å²) in [6.07, 6.45) is -4.50. The first-order valence-electron chi connectivity index (χ1n) is 4.72. The molecule has 0 spiro atoms. The number of carbonyl (C=O) groups is 1. The molecule has 0 saturated heterocycles. The number of aliphatic imine (C=N–C) groups is 1. The summed E-state index contributed by atoms with van der Waals surface area (Å²) in [6, 6.07) is 3.94. The van der Waals surface area contributed by atoms with Gasteiger partial charge in [0.2, 0.25) is 0 Å². The van der Waals surface area contributed by atoms with E-state index in [1.54, 1.807) is 0 Å². The Kier molecular flexibility index (Phi) is 4.13. The van der Waals surface area contributed by atoms with Crippen molar-refractivity contribution >= 4 is 11.9 Å². The van der Waals surface area contributed by atoms with Gasteiger partial charge in [-0.1, -0.05) is 6.07 Å². The molecule has 0 unspecified atom stereocenters. The number of hydrogen-bond donors (Lipinski definition) is 2. The molecule has 0 amide bonds. The summed E-state index contributed by atoms with van der Waals surface area (Å²) < 4.78 is 41.7. The molecule has 0 heterocycles. The minimum Gasteiger partial charge on any atom is -0.425 e. The van der Waals surface area contributed by atoms with Gasteiger partial charge in [-0.05, 0) is 18.2 Å². The molecule has 0 aliphatic rings. The lowest BCUT2D eigenvalue weighted by molar-refractivity contribution is -0.138. The predicted molar refractivity (Wildman–Crippen MR) is 57.8 cm³/mol. The molecule has 0 radical (unpaired) electrons. The van der Waals surface area contributed by atoms with Gasteiger partial charge in [-0.3, -0.25) is 0 Å². The summed E-state index contributed by atoms with van der Waals surface area (Å²) in [5.74, 6) is -1.39. The van der Waals surface area contributed by atoms with Crippen molar-refractivity contribution in [3.05, 3.63) is 29.8 Å². The van der Waals surface area contributed by atoms with Crippen LogP contribution in [0, 0.1) is 0 Å². The van der Waals surface area contributed by atoms with Crippen LogP contribution in [0.5, 0.6) is 5.75 Å². The van der Waals surface area contributed by atoms with Crippen molar-refractivity contribution in [1.82, 2.24) is 0 Å². The highest BCUT2D eigenvalue weighted by atomic mass is 19.4. The van der Waals surface area contributed by atoms with Crippen LogP contribution in [0.1, 0.15) is 5.56 Å². The summed E-state index contributed by atoms with van der Waals surface area (Å²) in [6.45, 7) is -0.460. The molecule has 98 valence electrons. The zero-order valence-corrected chi connectivity index (χ0v) is 9.07. The molecular formula is C10H10F3N3O2. The van der Waals surface area contributed by atoms with Gasteiger partial charge >= 0.3 is 12.1 Å². The van der Waals surface area contributed by atoms with Crippen molar-refractivity contribution in [2.24, 2.45) is 16.5 Å². The lowest BCUT2D eigenvalue weighted by atomic mass is 10.2. The SMILES string of the molecule is NC(N)=NCC(=O)Oc1cccc(C(F)(F)F)c1. The number of guanidine groups is 1. The zero-order valence-electron chi connectivity index (χ0n) is 9.07. The van der Waals surface area contributed by atoms with E-state index in [0.717, 1.165) is 12.1 Å². The standard InChI is InChI=1S/C10H10F3N3O2/c11-10(12,13)6-2-1-3-7(4-6)18-8(17)5-16-9(14)15/h1-4H,5H2,(H4,14,15,16). The van der Waals surface area contributed by atoms with Crippen LogP contribution in [0.3, 0.4) is 0 Å². The molecular weight excluding hydrogens is 251 g/mol. The number of rotatable bonds is 3. The average molecular weight is 261 g/mol. The van der Waals surface area contributed by atoms with Crippen LogP contribution in [0.2, 0.25) is 0 Å². The Morgan fingerprint density at radius 3 is 2.56 bits per heavy atom. The lowest BCUT2D eigenvalue weighted by Gasteiger charge is -2.08. The lowest BCUT2D eigenvalue weighted by Crippen LogP contribution is -2.25. The average Bonchev–Trinajstić information content (AvgIpc) is 2.25. The van der Waals surface area contributed by atoms with Crippen molar-refractivity contribution in [1.29, 1.82) is 0 Å². The first-order valence-corrected chi connectivity index (χ1v) is 4.72. The summed E-state index contributed by atoms with van der Waals surface area (Å²) in [5.41, 5.74) is 9.07. The number of carbonyl (C=O) groups excluding carboxylic acids is 1. The van der Waals surface area contributed by atoms with E-state index in [-0.39, 0.29) is 11.7 Å². The van der Waals surface area contributed by atoms with Gasteiger partial charge in [-0.15, -0.1) is 0 Å². The number of halogens is 3. The molecule has 0 fully saturated rings. The number of benzene rings is 1. The molecule has 0 aliphatic heterocycles. The Labute approximate surface area is 100 Å². The topological polar surface area (TPSA) is 90.7 Å². The number of ether oxygens (including phenoxy) is 1. The second-order valence-corrected chi connectivity index (χ2v) is 3.24. The predicted octanol–water partition coefficient (Wildman–Crippen LogP) is 0.884. The number of nitrogens with two attached hydrogens (primary N) is 2. The largest absolute Gasteiger partial charge is 0.425 e. The maximum atomic E-state index is 12.4. The van der Waals surface area contributed by atoms with Crippen molar-refractivity contribution in [3.63, 3.8) is 0 Å². The molecule has 0 aliphatic carbocycles. The number of nitrogens with zero attached hydrogens (tertiary/aromatic N) is 1. The molecule has 0 aromatic heterocycles. The minimum absolute atomic E-state index is 0.222. The minimum atomic E-state index is -4.50. The highest BCUT2D eigenvalue weighted by molar-refractivity contribution is 5.81. The Morgan fingerprint density at radius 1 is 1.33 bits per heavy atom. The van der Waals surface area contributed by atoms with E-state index in [1.807, 2.05) is 0 Å². The molecule has 18 heavy (non-hydrogen) atoms. The third kappa shape index (κ3) is 4.32. The van der Waals surface area contributed by atoms with Gasteiger partial charge in [0.25, 0.3) is 0 Å². The van der Waals surface area contributed by atoms with Gasteiger partial charge in [0.05, 0.1) is 5.56 Å². The highest BCUT2D eigenvalue weighted by Gasteiger charge is 2.30. The van der Waals surface area contributed by atoms with Crippen LogP contribution in [-0.4, -0.2) is 18.5 Å². The van der Waals surface area contributed by atoms with Crippen LogP contribution < -0.4 is 16.2 Å². The van der Waals surface area contributed by atoms with Crippen molar-refractivity contribution in [2.45, 2.75) is 6.18 Å². The highest BCUT2D eigenvalue weighted by Crippen LogP contribution is 2.31. The molecule has 0 atom stereocenters. The summed E-state index contributed by atoms with van der Waals surface area (Å²) in [7, 11) is 0. The second kappa shape index (κ2) is 5.39. The van der Waals surface area contributed by atoms with E-state index in [9.17, 15) is 18.0 Å². The first kappa shape index (κ1) is 13.8. The Morgan fingerprint density at radius 2 is 2.00 bits per heavy atom. The number of alkyl halides is 3. The number of hydrogen-bond acceptors (Lipinski definition) is 3. The second-order valence-electron chi connectivity index (χ2n) is 3.24. The van der Waals surface area contributed by atoms with Gasteiger partial charge < -0.3 is 16.2 Å². The molecule has 5 nitrogen and oxygen atoms in total. The number of esters is 1. The van der Waals surface area contributed by atoms with Crippen molar-refractivity contribution in [2.75, 3.05) is 6.54 Å². The molecule has 4 N–H and O–H groups in total. The third-order valence-electron chi connectivity index (χ3n) is 1.78. The quantitative estimate of drug-likeness (QED) is 0.366. The smallest absolute Gasteiger partial charge is 0.416 e. The monoisotopic (exact) mass is 261 g/mol. The molecule has 8 heteroatoms. The van der Waals surface area contributed by atoms with Crippen molar-refractivity contribution in [3.8, 4) is 5.75 Å². The van der Waals surface area contributed by atoms with Gasteiger partial charge in [0.15, 0.2) is 5.96 Å². The summed E-state index contributed by atoms with van der Waals surface area (Å²) in [4.78, 5) is 14.5. The van der Waals surface area contributed by atoms with E-state index in [2.05, 4.69) is 9.73 Å². The normalized spacial score (nSPS) is 10.8. The Hall–Kier alpha value is -2.25. The van der Waals surface area contributed by atoms with E-state index in [0.29, 0.717) is 6.07 Å². The van der Waals surface area contributed by atoms with Gasteiger partial charge in [-0.2, -0.15) is 13.2 Å². The zero-order chi connectivity index (χ0) is 13.8. The van der Waals surface area contributed by atoms with Crippen molar-refractivity contribution < 1.29 is 22.7 Å². The molecule has 0 saturated carbocycles. The van der Waals surface area contributed by atoms with Crippen LogP contribution >= 0.6 is 0 Å². The van der Waals surface area contributed by atoms with E-state index < -0.39 is 24.3 Å². The molecule has 0 bridgehead atoms. The van der Waals surface area contributed by atoms with Gasteiger partial charge in [-0.25, -0.2) is 9.79 Å². The van der Waals surface area contributed by atoms with Crippen LogP contribution in [0.15, 0.2) is 29.3 Å². The van der Waals surface area contributed by atoms with Crippen LogP contribution in [0.25, 0.3) is 0 Å². The van der Waals surface area contributed by atoms with E-state index in [1.165, 1.54) is 6.07 Å². The Bertz CT molecular complexity index is 468. The van der Waals surface area contributed by atoms with Gasteiger partial charge in [0, 0.05) is 0 Å². The fourth-order valence-corrected chi connectivity index (χ4v) is 1.06. The van der Waals surface area contributed by atoms with Crippen LogP contribution in [0.4, 0.5) is 13.2 Å². The fourth-order valence-electron chi connectivity index (χ4n) is 1.06. The summed E-state index contributed by atoms with van der Waals surface area (Å²) in [5, 5.41) is 0. The third-order valence-corrected chi connectivity index (χ3v) is 1.78. The van der Waals surface area contributed by atoms with Crippen LogP contribution in [-0.2, 0) is 11.0 Å². The molecule has 1 rings (SSSR count). The van der Waals surface area contributed by atoms with E-state index >= 15 is 0 Å². The molecule has 1 aromatic rings. The maximum Gasteiger partial charge on any atom is 0.416 e. The van der Waals surface area contributed by atoms with E-state index in [4.69, 9.17) is 11.5 Å². The first-order chi connectivity index (χ1) is 8.29. The van der Waals surface area contributed by atoms with Gasteiger partial charge in [0.1, 0.15) is 12.3 Å². The Balaban J connectivity index is 2.74. The fraction of sp³-hybridized carbons (Fsp3) is 0.200. The summed E-state index contributed by atoms with van der Waals surface area (Å²) >= 11 is 0. The molecule has 1 aromatic carbocycles.